The number of rotatable bonds is 6. The van der Waals surface area contributed by atoms with Gasteiger partial charge in [-0.2, -0.15) is 0 Å². The normalized spacial score (nSPS) is 15.0. The Balaban J connectivity index is 1.65. The number of nitro groups is 1. The van der Waals surface area contributed by atoms with E-state index in [2.05, 4.69) is 5.32 Å². The zero-order chi connectivity index (χ0) is 21.8. The summed E-state index contributed by atoms with van der Waals surface area (Å²) < 4.78 is 14.0. The highest BCUT2D eigenvalue weighted by atomic mass is 32.2. The molecule has 2 aromatic carbocycles. The first-order valence-electron chi connectivity index (χ1n) is 8.53. The Kier molecular flexibility index (Phi) is 6.43. The highest BCUT2D eigenvalue weighted by Crippen LogP contribution is 2.33. The van der Waals surface area contributed by atoms with Crippen molar-refractivity contribution in [1.82, 2.24) is 4.90 Å². The van der Waals surface area contributed by atoms with Crippen LogP contribution in [0.25, 0.3) is 6.08 Å². The van der Waals surface area contributed by atoms with Crippen LogP contribution >= 0.6 is 24.0 Å². The van der Waals surface area contributed by atoms with Crippen LogP contribution in [0.1, 0.15) is 12.0 Å². The minimum absolute atomic E-state index is 0.0409. The lowest BCUT2D eigenvalue weighted by Crippen LogP contribution is -2.31. The van der Waals surface area contributed by atoms with Gasteiger partial charge in [0.1, 0.15) is 15.9 Å². The first kappa shape index (κ1) is 21.4. The third kappa shape index (κ3) is 4.81. The molecule has 3 rings (SSSR count). The second-order valence-electron chi connectivity index (χ2n) is 6.11. The van der Waals surface area contributed by atoms with E-state index in [9.17, 15) is 29.2 Å². The summed E-state index contributed by atoms with van der Waals surface area (Å²) >= 11 is 6.18. The van der Waals surface area contributed by atoms with Gasteiger partial charge in [0, 0.05) is 30.7 Å². The van der Waals surface area contributed by atoms with Crippen LogP contribution in [0.4, 0.5) is 15.8 Å². The van der Waals surface area contributed by atoms with E-state index in [-0.39, 0.29) is 44.9 Å². The minimum atomic E-state index is -0.656. The number of non-ortho nitro benzene ring substituents is 1. The highest BCUT2D eigenvalue weighted by Gasteiger charge is 2.32. The molecule has 2 amide bonds. The molecule has 0 unspecified atom stereocenters. The predicted octanol–water partition coefficient (Wildman–Crippen LogP) is 3.67. The Morgan fingerprint density at radius 1 is 1.33 bits per heavy atom. The van der Waals surface area contributed by atoms with Gasteiger partial charge < -0.3 is 10.4 Å². The number of thioether (sulfide) groups is 1. The third-order valence-electron chi connectivity index (χ3n) is 4.09. The lowest BCUT2D eigenvalue weighted by molar-refractivity contribution is -0.384. The summed E-state index contributed by atoms with van der Waals surface area (Å²) in [5.41, 5.74) is -0.158. The fourth-order valence-electron chi connectivity index (χ4n) is 2.59. The van der Waals surface area contributed by atoms with Crippen LogP contribution in [0.15, 0.2) is 47.4 Å². The van der Waals surface area contributed by atoms with Crippen molar-refractivity contribution >= 4 is 57.6 Å². The fourth-order valence-corrected chi connectivity index (χ4v) is 3.89. The number of aromatic hydroxyl groups is 1. The Morgan fingerprint density at radius 2 is 2.07 bits per heavy atom. The molecule has 1 aliphatic heterocycles. The molecule has 0 radical (unpaired) electrons. The van der Waals surface area contributed by atoms with Crippen LogP contribution < -0.4 is 5.32 Å². The van der Waals surface area contributed by atoms with Gasteiger partial charge in [0.05, 0.1) is 15.5 Å². The summed E-state index contributed by atoms with van der Waals surface area (Å²) in [6.07, 6.45) is 1.23. The summed E-state index contributed by atoms with van der Waals surface area (Å²) in [5, 5.41) is 23.0. The van der Waals surface area contributed by atoms with Crippen LogP contribution in [0, 0.1) is 15.9 Å². The van der Waals surface area contributed by atoms with E-state index >= 15 is 0 Å². The van der Waals surface area contributed by atoms with Crippen molar-refractivity contribution in [2.45, 2.75) is 6.42 Å². The SMILES string of the molecule is O=C(CCN1C(=O)C(=Cc2ccccc2F)SC1=S)Nc1cc([N+](=O)[O-])ccc1O. The van der Waals surface area contributed by atoms with Crippen molar-refractivity contribution < 1.29 is 24.0 Å². The van der Waals surface area contributed by atoms with E-state index < -0.39 is 22.6 Å². The van der Waals surface area contributed by atoms with Gasteiger partial charge in [-0.1, -0.05) is 42.2 Å². The topological polar surface area (TPSA) is 113 Å². The van der Waals surface area contributed by atoms with Crippen LogP contribution in [-0.4, -0.2) is 37.6 Å². The Labute approximate surface area is 179 Å². The number of amides is 2. The summed E-state index contributed by atoms with van der Waals surface area (Å²) in [5.74, 6) is -1.82. The number of hydrogen-bond acceptors (Lipinski definition) is 7. The van der Waals surface area contributed by atoms with Crippen molar-refractivity contribution in [3.63, 3.8) is 0 Å². The van der Waals surface area contributed by atoms with Gasteiger partial charge >= 0.3 is 0 Å². The molecule has 154 valence electrons. The second kappa shape index (κ2) is 9.01. The number of anilines is 1. The van der Waals surface area contributed by atoms with Gasteiger partial charge in [-0.25, -0.2) is 4.39 Å². The van der Waals surface area contributed by atoms with Crippen molar-refractivity contribution in [3.8, 4) is 5.75 Å². The number of benzene rings is 2. The number of thiocarbonyl (C=S) groups is 1. The molecular weight excluding hydrogens is 433 g/mol. The molecule has 0 saturated carbocycles. The van der Waals surface area contributed by atoms with E-state index in [1.165, 1.54) is 29.2 Å². The Morgan fingerprint density at radius 3 is 2.77 bits per heavy atom. The molecule has 0 atom stereocenters. The van der Waals surface area contributed by atoms with E-state index in [4.69, 9.17) is 12.2 Å². The number of nitrogens with one attached hydrogen (secondary N) is 1. The molecule has 0 spiro atoms. The molecule has 0 aromatic heterocycles. The van der Waals surface area contributed by atoms with E-state index in [1.807, 2.05) is 0 Å². The second-order valence-corrected chi connectivity index (χ2v) is 7.79. The average molecular weight is 447 g/mol. The van der Waals surface area contributed by atoms with E-state index in [0.29, 0.717) is 0 Å². The minimum Gasteiger partial charge on any atom is -0.506 e. The summed E-state index contributed by atoms with van der Waals surface area (Å²) in [4.78, 5) is 36.4. The standard InChI is InChI=1S/C19H14FN3O5S2/c20-13-4-2-1-3-11(13)9-16-18(26)22(19(29)30-16)8-7-17(25)21-14-10-12(23(27)28)5-6-15(14)24/h1-6,9-10,24H,7-8H2,(H,21,25). The van der Waals surface area contributed by atoms with Gasteiger partial charge in [-0.3, -0.25) is 24.6 Å². The molecule has 2 N–H and O–H groups in total. The first-order valence-corrected chi connectivity index (χ1v) is 9.76. The number of halogens is 1. The fraction of sp³-hybridized carbons (Fsp3) is 0.105. The molecule has 0 bridgehead atoms. The zero-order valence-electron chi connectivity index (χ0n) is 15.2. The number of nitro benzene ring substituents is 1. The predicted molar refractivity (Wildman–Crippen MR) is 114 cm³/mol. The number of carbonyl (C=O) groups excluding carboxylic acids is 2. The van der Waals surface area contributed by atoms with Gasteiger partial charge in [-0.15, -0.1) is 0 Å². The Bertz CT molecular complexity index is 1090. The largest absolute Gasteiger partial charge is 0.506 e. The van der Waals surface area contributed by atoms with Gasteiger partial charge in [0.2, 0.25) is 5.91 Å². The maximum absolute atomic E-state index is 13.8. The lowest BCUT2D eigenvalue weighted by atomic mass is 10.2. The lowest BCUT2D eigenvalue weighted by Gasteiger charge is -2.14. The van der Waals surface area contributed by atoms with Crippen molar-refractivity contribution in [2.75, 3.05) is 11.9 Å². The third-order valence-corrected chi connectivity index (χ3v) is 5.47. The number of carbonyl (C=O) groups is 2. The van der Waals surface area contributed by atoms with Crippen molar-refractivity contribution in [3.05, 3.63) is 68.9 Å². The number of phenols is 1. The molecule has 11 heteroatoms. The van der Waals surface area contributed by atoms with Gasteiger partial charge in [-0.05, 0) is 18.2 Å². The quantitative estimate of drug-likeness (QED) is 0.228. The maximum atomic E-state index is 13.8. The van der Waals surface area contributed by atoms with Gasteiger partial charge in [0.15, 0.2) is 0 Å². The molecule has 1 heterocycles. The summed E-state index contributed by atoms with van der Waals surface area (Å²) in [7, 11) is 0. The molecular formula is C19H14FN3O5S2. The molecule has 1 fully saturated rings. The molecule has 8 nitrogen and oxygen atoms in total. The van der Waals surface area contributed by atoms with E-state index in [1.54, 1.807) is 6.07 Å². The van der Waals surface area contributed by atoms with Crippen molar-refractivity contribution in [2.24, 2.45) is 0 Å². The monoisotopic (exact) mass is 447 g/mol. The zero-order valence-corrected chi connectivity index (χ0v) is 16.8. The molecule has 1 saturated heterocycles. The molecule has 30 heavy (non-hydrogen) atoms. The van der Waals surface area contributed by atoms with Crippen LogP contribution in [-0.2, 0) is 9.59 Å². The number of nitrogens with zero attached hydrogens (tertiary/aromatic N) is 2. The van der Waals surface area contributed by atoms with Crippen LogP contribution in [0.5, 0.6) is 5.75 Å². The smallest absolute Gasteiger partial charge is 0.271 e. The summed E-state index contributed by atoms with van der Waals surface area (Å²) in [6.45, 7) is -0.0409. The van der Waals surface area contributed by atoms with Crippen molar-refractivity contribution in [1.29, 1.82) is 0 Å². The maximum Gasteiger partial charge on any atom is 0.271 e. The van der Waals surface area contributed by atoms with E-state index in [0.717, 1.165) is 30.0 Å². The molecule has 2 aromatic rings. The summed E-state index contributed by atoms with van der Waals surface area (Å²) in [6, 6.07) is 9.22. The average Bonchev–Trinajstić information content (AvgIpc) is 2.96. The number of hydrogen-bond donors (Lipinski definition) is 2. The number of phenolic OH excluding ortho intramolecular Hbond substituents is 1. The molecule has 0 aliphatic carbocycles. The van der Waals surface area contributed by atoms with Crippen LogP contribution in [0.2, 0.25) is 0 Å². The Hall–Kier alpha value is -3.31. The molecule has 1 aliphatic rings. The first-order chi connectivity index (χ1) is 14.3. The highest BCUT2D eigenvalue weighted by molar-refractivity contribution is 8.26. The van der Waals surface area contributed by atoms with Gasteiger partial charge in [0.25, 0.3) is 11.6 Å². The van der Waals surface area contributed by atoms with Crippen LogP contribution in [0.3, 0.4) is 0 Å².